The van der Waals surface area contributed by atoms with E-state index in [2.05, 4.69) is 37.9 Å². The lowest BCUT2D eigenvalue weighted by Gasteiger charge is -2.20. The lowest BCUT2D eigenvalue weighted by Crippen LogP contribution is -2.30. The molecule has 14 heavy (non-hydrogen) atoms. The quantitative estimate of drug-likeness (QED) is 0.417. The second kappa shape index (κ2) is 9.47. The van der Waals surface area contributed by atoms with Gasteiger partial charge in [0.1, 0.15) is 0 Å². The Hall–Kier alpha value is -0.0800. The Kier molecular flexibility index (Phi) is 9.42. The fourth-order valence-corrected chi connectivity index (χ4v) is 1.72. The zero-order valence-electron chi connectivity index (χ0n) is 10.6. The lowest BCUT2D eigenvalue weighted by molar-refractivity contribution is 0.207. The van der Waals surface area contributed by atoms with Crippen molar-refractivity contribution in [2.75, 3.05) is 34.4 Å². The Morgan fingerprint density at radius 1 is 0.786 bits per heavy atom. The van der Waals surface area contributed by atoms with Gasteiger partial charge < -0.3 is 0 Å². The van der Waals surface area contributed by atoms with Crippen LogP contribution in [0.15, 0.2) is 0 Å². The van der Waals surface area contributed by atoms with Crippen molar-refractivity contribution in [2.45, 2.75) is 45.4 Å². The summed E-state index contributed by atoms with van der Waals surface area (Å²) in [5, 5.41) is 0. The van der Waals surface area contributed by atoms with Gasteiger partial charge in [0.25, 0.3) is 0 Å². The van der Waals surface area contributed by atoms with Crippen LogP contribution in [0.2, 0.25) is 0 Å². The Balaban J connectivity index is 3.10. The Labute approximate surface area is 90.3 Å². The molecular formula is C12H28N2. The SMILES string of the molecule is CCCCCCCCN(C)CN(C)C. The monoisotopic (exact) mass is 200 g/mol. The first kappa shape index (κ1) is 13.9. The minimum atomic E-state index is 1.08. The van der Waals surface area contributed by atoms with Crippen LogP contribution in [0, 0.1) is 0 Å². The molecule has 0 fully saturated rings. The molecule has 2 heteroatoms. The fourth-order valence-electron chi connectivity index (χ4n) is 1.72. The van der Waals surface area contributed by atoms with Crippen molar-refractivity contribution >= 4 is 0 Å². The van der Waals surface area contributed by atoms with Crippen LogP contribution in [0.1, 0.15) is 45.4 Å². The third-order valence-electron chi connectivity index (χ3n) is 2.42. The summed E-state index contributed by atoms with van der Waals surface area (Å²) in [4.78, 5) is 4.61. The molecule has 0 rings (SSSR count). The highest BCUT2D eigenvalue weighted by molar-refractivity contribution is 4.51. The molecule has 0 spiro atoms. The minimum Gasteiger partial charge on any atom is -0.297 e. The summed E-state index contributed by atoms with van der Waals surface area (Å²) in [6, 6.07) is 0. The molecule has 0 aromatic rings. The van der Waals surface area contributed by atoms with Crippen LogP contribution >= 0.6 is 0 Å². The molecule has 0 aliphatic heterocycles. The topological polar surface area (TPSA) is 6.48 Å². The van der Waals surface area contributed by atoms with Crippen molar-refractivity contribution in [1.29, 1.82) is 0 Å². The molecule has 0 aromatic heterocycles. The van der Waals surface area contributed by atoms with E-state index in [9.17, 15) is 0 Å². The van der Waals surface area contributed by atoms with Gasteiger partial charge in [0.15, 0.2) is 0 Å². The molecule has 0 bridgehead atoms. The third kappa shape index (κ3) is 10.0. The smallest absolute Gasteiger partial charge is 0.0497 e. The summed E-state index contributed by atoms with van der Waals surface area (Å²) in [7, 11) is 6.45. The summed E-state index contributed by atoms with van der Waals surface area (Å²) in [6.45, 7) is 4.59. The zero-order chi connectivity index (χ0) is 10.8. The van der Waals surface area contributed by atoms with E-state index in [0.29, 0.717) is 0 Å². The molecule has 86 valence electrons. The third-order valence-corrected chi connectivity index (χ3v) is 2.42. The first-order valence-corrected chi connectivity index (χ1v) is 6.00. The van der Waals surface area contributed by atoms with Crippen LogP contribution in [0.4, 0.5) is 0 Å². The minimum absolute atomic E-state index is 1.08. The van der Waals surface area contributed by atoms with E-state index in [1.807, 2.05) is 0 Å². The standard InChI is InChI=1S/C12H28N2/c1-5-6-7-8-9-10-11-14(4)12-13(2)3/h5-12H2,1-4H3. The summed E-state index contributed by atoms with van der Waals surface area (Å²) >= 11 is 0. The lowest BCUT2D eigenvalue weighted by atomic mass is 10.1. The molecule has 0 saturated heterocycles. The first-order chi connectivity index (χ1) is 6.66. The van der Waals surface area contributed by atoms with Crippen molar-refractivity contribution in [3.63, 3.8) is 0 Å². The average molecular weight is 200 g/mol. The number of hydrogen-bond acceptors (Lipinski definition) is 2. The van der Waals surface area contributed by atoms with Crippen LogP contribution in [0.25, 0.3) is 0 Å². The molecule has 0 saturated carbocycles. The maximum atomic E-state index is 2.39. The Morgan fingerprint density at radius 2 is 1.36 bits per heavy atom. The molecule has 2 nitrogen and oxygen atoms in total. The highest BCUT2D eigenvalue weighted by Crippen LogP contribution is 2.05. The second-order valence-corrected chi connectivity index (χ2v) is 4.57. The van der Waals surface area contributed by atoms with Gasteiger partial charge in [-0.3, -0.25) is 9.80 Å². The van der Waals surface area contributed by atoms with Crippen LogP contribution < -0.4 is 0 Å². The predicted octanol–water partition coefficient (Wildman–Crippen LogP) is 2.80. The van der Waals surface area contributed by atoms with Gasteiger partial charge in [-0.25, -0.2) is 0 Å². The van der Waals surface area contributed by atoms with E-state index in [0.717, 1.165) is 6.67 Å². The van der Waals surface area contributed by atoms with Crippen LogP contribution in [0.3, 0.4) is 0 Å². The molecule has 0 heterocycles. The van der Waals surface area contributed by atoms with E-state index in [4.69, 9.17) is 0 Å². The largest absolute Gasteiger partial charge is 0.297 e. The zero-order valence-corrected chi connectivity index (χ0v) is 10.6. The summed E-state index contributed by atoms with van der Waals surface area (Å²) in [5.41, 5.74) is 0. The van der Waals surface area contributed by atoms with E-state index in [1.54, 1.807) is 0 Å². The molecular weight excluding hydrogens is 172 g/mol. The maximum absolute atomic E-state index is 2.39. The van der Waals surface area contributed by atoms with Crippen molar-refractivity contribution in [3.8, 4) is 0 Å². The fraction of sp³-hybridized carbons (Fsp3) is 1.00. The normalized spacial score (nSPS) is 11.6. The molecule has 0 amide bonds. The molecule has 0 aliphatic rings. The van der Waals surface area contributed by atoms with Crippen LogP contribution in [0.5, 0.6) is 0 Å². The van der Waals surface area contributed by atoms with E-state index >= 15 is 0 Å². The van der Waals surface area contributed by atoms with Gasteiger partial charge in [-0.15, -0.1) is 0 Å². The number of hydrogen-bond donors (Lipinski definition) is 0. The first-order valence-electron chi connectivity index (χ1n) is 6.00. The van der Waals surface area contributed by atoms with Gasteiger partial charge >= 0.3 is 0 Å². The highest BCUT2D eigenvalue weighted by Gasteiger charge is 1.98. The highest BCUT2D eigenvalue weighted by atomic mass is 15.3. The predicted molar refractivity (Wildman–Crippen MR) is 64.6 cm³/mol. The maximum Gasteiger partial charge on any atom is 0.0497 e. The molecule has 0 aliphatic carbocycles. The van der Waals surface area contributed by atoms with Crippen molar-refractivity contribution in [1.82, 2.24) is 9.80 Å². The van der Waals surface area contributed by atoms with E-state index in [-0.39, 0.29) is 0 Å². The van der Waals surface area contributed by atoms with Gasteiger partial charge in [0, 0.05) is 6.67 Å². The van der Waals surface area contributed by atoms with E-state index < -0.39 is 0 Å². The van der Waals surface area contributed by atoms with Crippen LogP contribution in [-0.4, -0.2) is 44.2 Å². The molecule has 0 aromatic carbocycles. The molecule has 0 unspecified atom stereocenters. The van der Waals surface area contributed by atoms with Gasteiger partial charge in [-0.1, -0.05) is 39.0 Å². The van der Waals surface area contributed by atoms with Gasteiger partial charge in [0.2, 0.25) is 0 Å². The second-order valence-electron chi connectivity index (χ2n) is 4.57. The average Bonchev–Trinajstić information content (AvgIpc) is 2.10. The van der Waals surface area contributed by atoms with Gasteiger partial charge in [0.05, 0.1) is 0 Å². The van der Waals surface area contributed by atoms with Crippen LogP contribution in [-0.2, 0) is 0 Å². The summed E-state index contributed by atoms with van der Waals surface area (Å²) in [6.07, 6.45) is 8.36. The number of nitrogens with zero attached hydrogens (tertiary/aromatic N) is 2. The number of rotatable bonds is 9. The number of unbranched alkanes of at least 4 members (excludes halogenated alkanes) is 5. The summed E-state index contributed by atoms with van der Waals surface area (Å²) in [5.74, 6) is 0. The Bertz CT molecular complexity index is 113. The van der Waals surface area contributed by atoms with E-state index in [1.165, 1.54) is 45.1 Å². The molecule has 0 atom stereocenters. The molecule has 0 N–H and O–H groups in total. The molecule has 0 radical (unpaired) electrons. The van der Waals surface area contributed by atoms with Crippen molar-refractivity contribution in [2.24, 2.45) is 0 Å². The van der Waals surface area contributed by atoms with Gasteiger partial charge in [-0.2, -0.15) is 0 Å². The summed E-state index contributed by atoms with van der Waals surface area (Å²) < 4.78 is 0. The van der Waals surface area contributed by atoms with Gasteiger partial charge in [-0.05, 0) is 34.1 Å². The van der Waals surface area contributed by atoms with Crippen molar-refractivity contribution in [3.05, 3.63) is 0 Å². The Morgan fingerprint density at radius 3 is 1.93 bits per heavy atom. The van der Waals surface area contributed by atoms with Crippen molar-refractivity contribution < 1.29 is 0 Å².